The van der Waals surface area contributed by atoms with E-state index in [4.69, 9.17) is 6.15 Å². The second-order valence-corrected chi connectivity index (χ2v) is 19.4. The van der Waals surface area contributed by atoms with Crippen LogP contribution in [0.5, 0.6) is 0 Å². The Kier molecular flexibility index (Phi) is 11.7. The number of hydrogen-bond acceptors (Lipinski definition) is 2. The molecule has 0 heterocycles. The van der Waals surface area contributed by atoms with E-state index in [1.54, 1.807) is 0 Å². The monoisotopic (exact) mass is 408 g/mol. The Bertz CT molecular complexity index is 220. The molecule has 2 nitrogen and oxygen atoms in total. The third-order valence-corrected chi connectivity index (χ3v) is 17.7. The van der Waals surface area contributed by atoms with Crippen molar-refractivity contribution in [2.75, 3.05) is 13.2 Å². The van der Waals surface area contributed by atoms with Gasteiger partial charge in [0.2, 0.25) is 0 Å². The van der Waals surface area contributed by atoms with E-state index in [-0.39, 0.29) is 0 Å². The van der Waals surface area contributed by atoms with Crippen molar-refractivity contribution in [2.24, 2.45) is 11.8 Å². The van der Waals surface area contributed by atoms with E-state index >= 15 is 0 Å². The Balaban J connectivity index is 4.90. The summed E-state index contributed by atoms with van der Waals surface area (Å²) < 4.78 is 14.4. The molecule has 0 aromatic carbocycles. The average Bonchev–Trinajstić information content (AvgIpc) is 2.46. The Labute approximate surface area is 139 Å². The van der Waals surface area contributed by atoms with Gasteiger partial charge in [-0.2, -0.15) is 0 Å². The summed E-state index contributed by atoms with van der Waals surface area (Å²) in [5.41, 5.74) is 0. The molecule has 0 aliphatic heterocycles. The Morgan fingerprint density at radius 1 is 0.619 bits per heavy atom. The zero-order valence-corrected chi connectivity index (χ0v) is 18.7. The van der Waals surface area contributed by atoms with Gasteiger partial charge in [-0.3, -0.25) is 0 Å². The molecule has 0 aliphatic rings. The first-order valence-corrected chi connectivity index (χ1v) is 14.8. The molecule has 0 radical (unpaired) electrons. The van der Waals surface area contributed by atoms with Gasteiger partial charge in [0.1, 0.15) is 0 Å². The zero-order valence-electron chi connectivity index (χ0n) is 15.9. The molecule has 0 fully saturated rings. The van der Waals surface area contributed by atoms with Gasteiger partial charge in [-0.05, 0) is 0 Å². The maximum atomic E-state index is 6.62. The first-order valence-electron chi connectivity index (χ1n) is 9.15. The molecule has 0 atom stereocenters. The summed E-state index contributed by atoms with van der Waals surface area (Å²) in [7, 11) is 0. The van der Waals surface area contributed by atoms with Crippen LogP contribution in [-0.4, -0.2) is 32.4 Å². The van der Waals surface area contributed by atoms with Gasteiger partial charge in [-0.25, -0.2) is 0 Å². The SMILES string of the molecule is CCC(CC)C[O][Sn]([O]CC(CC)CC)([CH](C)C)[CH](C)C. The quantitative estimate of drug-likeness (QED) is 0.361. The van der Waals surface area contributed by atoms with Gasteiger partial charge in [0.25, 0.3) is 0 Å². The molecule has 0 amide bonds. The van der Waals surface area contributed by atoms with Gasteiger partial charge in [0.05, 0.1) is 0 Å². The van der Waals surface area contributed by atoms with E-state index in [2.05, 4.69) is 55.4 Å². The predicted molar refractivity (Wildman–Crippen MR) is 96.0 cm³/mol. The number of rotatable bonds is 12. The van der Waals surface area contributed by atoms with Crippen LogP contribution < -0.4 is 0 Å². The van der Waals surface area contributed by atoms with Gasteiger partial charge in [-0.15, -0.1) is 0 Å². The molecule has 21 heavy (non-hydrogen) atoms. The van der Waals surface area contributed by atoms with Crippen molar-refractivity contribution in [1.82, 2.24) is 0 Å². The molecular formula is C18H40O2Sn. The summed E-state index contributed by atoms with van der Waals surface area (Å²) in [5.74, 6) is 1.38. The van der Waals surface area contributed by atoms with Crippen LogP contribution in [0.15, 0.2) is 0 Å². The Hall–Kier alpha value is 0.719. The van der Waals surface area contributed by atoms with E-state index in [0.717, 1.165) is 13.2 Å². The molecule has 0 aliphatic carbocycles. The molecule has 0 bridgehead atoms. The Morgan fingerprint density at radius 3 is 1.10 bits per heavy atom. The molecule has 0 rings (SSSR count). The van der Waals surface area contributed by atoms with Gasteiger partial charge in [-0.1, -0.05) is 0 Å². The fourth-order valence-electron chi connectivity index (χ4n) is 2.92. The number of hydrogen-bond donors (Lipinski definition) is 0. The van der Waals surface area contributed by atoms with E-state index in [1.807, 2.05) is 0 Å². The minimum atomic E-state index is -3.01. The summed E-state index contributed by atoms with van der Waals surface area (Å²) in [6.45, 7) is 20.1. The second-order valence-electron chi connectivity index (χ2n) is 7.02. The summed E-state index contributed by atoms with van der Waals surface area (Å²) in [6, 6.07) is 0. The van der Waals surface area contributed by atoms with Crippen molar-refractivity contribution in [3.05, 3.63) is 0 Å². The van der Waals surface area contributed by atoms with Crippen LogP contribution in [0.3, 0.4) is 0 Å². The molecule has 0 aromatic heterocycles. The summed E-state index contributed by atoms with van der Waals surface area (Å²) >= 11 is -3.01. The first kappa shape index (κ1) is 21.7. The van der Waals surface area contributed by atoms with Crippen LogP contribution in [0.2, 0.25) is 7.87 Å². The average molecular weight is 407 g/mol. The molecule has 0 aromatic rings. The van der Waals surface area contributed by atoms with Crippen molar-refractivity contribution in [1.29, 1.82) is 0 Å². The predicted octanol–water partition coefficient (Wildman–Crippen LogP) is 6.15. The minimum absolute atomic E-state index is 0.572. The van der Waals surface area contributed by atoms with E-state index in [9.17, 15) is 0 Å². The third-order valence-electron chi connectivity index (χ3n) is 5.01. The molecule has 0 unspecified atom stereocenters. The summed E-state index contributed by atoms with van der Waals surface area (Å²) in [6.07, 6.45) is 4.84. The van der Waals surface area contributed by atoms with Crippen molar-refractivity contribution in [3.63, 3.8) is 0 Å². The van der Waals surface area contributed by atoms with Crippen molar-refractivity contribution in [2.45, 2.75) is 88.9 Å². The van der Waals surface area contributed by atoms with Gasteiger partial charge < -0.3 is 0 Å². The van der Waals surface area contributed by atoms with Crippen LogP contribution in [0, 0.1) is 11.8 Å². The fraction of sp³-hybridized carbons (Fsp3) is 1.00. The summed E-state index contributed by atoms with van der Waals surface area (Å²) in [4.78, 5) is 0. The van der Waals surface area contributed by atoms with Crippen molar-refractivity contribution >= 4 is 19.2 Å². The normalized spacial score (nSPS) is 13.1. The standard InChI is InChI=1S/2C6H13O.2C3H7.Sn/c2*1-3-6(4-2)5-7;2*1-3-2;/h2*6H,3-5H2,1-2H3;2*3H,1-2H3;/q2*-1;;;+2. The zero-order chi connectivity index (χ0) is 16.5. The molecule has 128 valence electrons. The maximum absolute atomic E-state index is 6.62. The first-order chi connectivity index (χ1) is 9.87. The third kappa shape index (κ3) is 6.78. The van der Waals surface area contributed by atoms with Crippen molar-refractivity contribution in [3.8, 4) is 0 Å². The van der Waals surface area contributed by atoms with Crippen LogP contribution >= 0.6 is 0 Å². The van der Waals surface area contributed by atoms with Gasteiger partial charge in [0.15, 0.2) is 0 Å². The molecular weight excluding hydrogens is 367 g/mol. The van der Waals surface area contributed by atoms with Gasteiger partial charge in [0, 0.05) is 0 Å². The van der Waals surface area contributed by atoms with Crippen LogP contribution in [-0.2, 0) is 6.15 Å². The van der Waals surface area contributed by atoms with Crippen molar-refractivity contribution < 1.29 is 6.15 Å². The molecule has 3 heteroatoms. The van der Waals surface area contributed by atoms with Crippen LogP contribution in [0.4, 0.5) is 0 Å². The van der Waals surface area contributed by atoms with E-state index < -0.39 is 19.2 Å². The van der Waals surface area contributed by atoms with E-state index in [0.29, 0.717) is 19.7 Å². The van der Waals surface area contributed by atoms with Crippen LogP contribution in [0.25, 0.3) is 0 Å². The van der Waals surface area contributed by atoms with E-state index in [1.165, 1.54) is 25.7 Å². The molecule has 0 spiro atoms. The Morgan fingerprint density at radius 2 is 0.905 bits per heavy atom. The molecule has 0 N–H and O–H groups in total. The molecule has 0 saturated heterocycles. The summed E-state index contributed by atoms with van der Waals surface area (Å²) in [5, 5.41) is 0. The fourth-order valence-corrected chi connectivity index (χ4v) is 13.6. The molecule has 0 saturated carbocycles. The van der Waals surface area contributed by atoms with Gasteiger partial charge >= 0.3 is 139 Å². The van der Waals surface area contributed by atoms with Crippen LogP contribution in [0.1, 0.15) is 81.1 Å². The topological polar surface area (TPSA) is 18.5 Å². The second kappa shape index (κ2) is 11.3.